The first-order chi connectivity index (χ1) is 13.9. The lowest BCUT2D eigenvalue weighted by Gasteiger charge is -2.39. The van der Waals surface area contributed by atoms with E-state index in [0.717, 1.165) is 16.9 Å². The zero-order valence-corrected chi connectivity index (χ0v) is 16.0. The Labute approximate surface area is 167 Å². The summed E-state index contributed by atoms with van der Waals surface area (Å²) in [7, 11) is 0. The van der Waals surface area contributed by atoms with Crippen molar-refractivity contribution in [2.75, 3.05) is 5.32 Å². The fraction of sp³-hybridized carbons (Fsp3) is 0.190. The predicted molar refractivity (Wildman–Crippen MR) is 105 cm³/mol. The van der Waals surface area contributed by atoms with Gasteiger partial charge in [0, 0.05) is 23.2 Å². The summed E-state index contributed by atoms with van der Waals surface area (Å²) in [6, 6.07) is 11.4. The molecule has 0 radical (unpaired) electrons. The van der Waals surface area contributed by atoms with E-state index in [1.165, 1.54) is 18.2 Å². The minimum atomic E-state index is -0.778. The summed E-state index contributed by atoms with van der Waals surface area (Å²) in [6.07, 6.45) is 0.528. The number of nitrogens with zero attached hydrogens (tertiary/aromatic N) is 2. The molecule has 0 fully saturated rings. The van der Waals surface area contributed by atoms with E-state index in [1.807, 2.05) is 31.2 Å². The number of carbonyl (C=O) groups excluding carboxylic acids is 1. The van der Waals surface area contributed by atoms with Crippen molar-refractivity contribution in [3.05, 3.63) is 79.1 Å². The van der Waals surface area contributed by atoms with Gasteiger partial charge in [0.15, 0.2) is 4.80 Å². The Hall–Kier alpha value is -3.26. The van der Waals surface area contributed by atoms with Crippen LogP contribution in [0.5, 0.6) is 5.75 Å². The highest BCUT2D eigenvalue weighted by atomic mass is 32.1. The second kappa shape index (κ2) is 5.42. The van der Waals surface area contributed by atoms with E-state index >= 15 is 0 Å². The molecule has 2 aromatic carbocycles. The van der Waals surface area contributed by atoms with Crippen LogP contribution in [-0.2, 0) is 4.79 Å². The maximum absolute atomic E-state index is 13.8. The van der Waals surface area contributed by atoms with Crippen molar-refractivity contribution in [3.63, 3.8) is 0 Å². The molecule has 0 aliphatic carbocycles. The van der Waals surface area contributed by atoms with Crippen molar-refractivity contribution >= 4 is 28.5 Å². The van der Waals surface area contributed by atoms with Gasteiger partial charge in [0.05, 0.1) is 11.6 Å². The van der Waals surface area contributed by atoms with Crippen LogP contribution in [0.15, 0.2) is 52.3 Å². The molecular weight excluding hydrogens is 393 g/mol. The number of aromatic nitrogens is 1. The van der Waals surface area contributed by atoms with Crippen LogP contribution in [0.2, 0.25) is 0 Å². The van der Waals surface area contributed by atoms with Crippen LogP contribution in [0, 0.1) is 5.82 Å². The van der Waals surface area contributed by atoms with E-state index in [0.29, 0.717) is 28.2 Å². The number of ether oxygens (including phenoxy) is 1. The average Bonchev–Trinajstić information content (AvgIpc) is 3.16. The Morgan fingerprint density at radius 2 is 2.10 bits per heavy atom. The summed E-state index contributed by atoms with van der Waals surface area (Å²) >= 11 is 1.15. The summed E-state index contributed by atoms with van der Waals surface area (Å²) in [4.78, 5) is 31.3. The van der Waals surface area contributed by atoms with Gasteiger partial charge in [0.1, 0.15) is 16.1 Å². The largest absolute Gasteiger partial charge is 0.466 e. The Bertz CT molecular complexity index is 1420. The zero-order chi connectivity index (χ0) is 19.9. The van der Waals surface area contributed by atoms with Crippen LogP contribution >= 0.6 is 11.3 Å². The number of anilines is 1. The third-order valence-corrected chi connectivity index (χ3v) is 6.64. The first-order valence-electron chi connectivity index (χ1n) is 9.18. The molecule has 3 aliphatic rings. The highest BCUT2D eigenvalue weighted by Gasteiger charge is 2.42. The van der Waals surface area contributed by atoms with E-state index in [1.54, 1.807) is 4.57 Å². The smallest absolute Gasteiger partial charge is 0.271 e. The number of nitrogens with one attached hydrogen (secondary N) is 1. The van der Waals surface area contributed by atoms with Crippen LogP contribution in [0.25, 0.3) is 5.57 Å². The number of thiazole rings is 1. The van der Waals surface area contributed by atoms with Gasteiger partial charge in [-0.05, 0) is 31.2 Å². The van der Waals surface area contributed by atoms with E-state index in [4.69, 9.17) is 4.74 Å². The summed E-state index contributed by atoms with van der Waals surface area (Å²) in [5.41, 5.74) is 0.941. The molecule has 0 saturated carbocycles. The van der Waals surface area contributed by atoms with Crippen molar-refractivity contribution in [1.29, 1.82) is 0 Å². The van der Waals surface area contributed by atoms with Gasteiger partial charge in [-0.2, -0.15) is 0 Å². The minimum absolute atomic E-state index is 0.195. The number of carbonyl (C=O) groups is 1. The normalized spacial score (nSPS) is 25.3. The highest BCUT2D eigenvalue weighted by Crippen LogP contribution is 2.42. The standard InChI is InChI=1S/C21H14FN3O3S/c1-21-9-14(11-4-2-3-5-15(11)28-21)25-19(27)17(29-20(25)24-21)16-12-8-10(22)6-7-13(12)23-18(16)26/h2-8,14H,9H2,1H3,(H,23,26). The van der Waals surface area contributed by atoms with Crippen LogP contribution in [0.3, 0.4) is 0 Å². The van der Waals surface area contributed by atoms with Crippen molar-refractivity contribution in [2.24, 2.45) is 4.99 Å². The molecule has 3 aromatic rings. The molecule has 144 valence electrons. The number of hydrogen-bond donors (Lipinski definition) is 1. The van der Waals surface area contributed by atoms with E-state index in [9.17, 15) is 14.0 Å². The van der Waals surface area contributed by atoms with Crippen LogP contribution in [-0.4, -0.2) is 16.2 Å². The van der Waals surface area contributed by atoms with Crippen LogP contribution in [0.4, 0.5) is 10.1 Å². The second-order valence-corrected chi connectivity index (χ2v) is 8.53. The van der Waals surface area contributed by atoms with Gasteiger partial charge in [-0.15, -0.1) is 0 Å². The number of para-hydroxylation sites is 1. The quantitative estimate of drug-likeness (QED) is 0.619. The number of halogens is 1. The molecule has 2 bridgehead atoms. The first-order valence-corrected chi connectivity index (χ1v) is 10.00. The lowest BCUT2D eigenvalue weighted by atomic mass is 9.92. The predicted octanol–water partition coefficient (Wildman–Crippen LogP) is 1.92. The van der Waals surface area contributed by atoms with Gasteiger partial charge in [-0.3, -0.25) is 14.2 Å². The first kappa shape index (κ1) is 16.7. The minimum Gasteiger partial charge on any atom is -0.466 e. The van der Waals surface area contributed by atoms with Crippen LogP contribution < -0.4 is 24.9 Å². The molecule has 0 spiro atoms. The maximum atomic E-state index is 13.8. The maximum Gasteiger partial charge on any atom is 0.271 e. The third-order valence-electron chi connectivity index (χ3n) is 5.59. The van der Waals surface area contributed by atoms with Gasteiger partial charge in [0.2, 0.25) is 5.72 Å². The van der Waals surface area contributed by atoms with E-state index in [2.05, 4.69) is 10.3 Å². The molecule has 1 aromatic heterocycles. The Kier molecular flexibility index (Phi) is 3.11. The van der Waals surface area contributed by atoms with Crippen molar-refractivity contribution < 1.29 is 13.9 Å². The Morgan fingerprint density at radius 1 is 1.28 bits per heavy atom. The molecule has 8 heteroatoms. The highest BCUT2D eigenvalue weighted by molar-refractivity contribution is 7.07. The van der Waals surface area contributed by atoms with Crippen LogP contribution in [0.1, 0.15) is 30.5 Å². The van der Waals surface area contributed by atoms with E-state index in [-0.39, 0.29) is 21.7 Å². The zero-order valence-electron chi connectivity index (χ0n) is 15.2. The molecule has 0 saturated heterocycles. The Balaban J connectivity index is 1.70. The van der Waals surface area contributed by atoms with Crippen molar-refractivity contribution in [3.8, 4) is 5.75 Å². The third kappa shape index (κ3) is 2.23. The van der Waals surface area contributed by atoms with E-state index < -0.39 is 17.4 Å². The molecule has 6 nitrogen and oxygen atoms in total. The van der Waals surface area contributed by atoms with Gasteiger partial charge in [-0.1, -0.05) is 29.5 Å². The molecular formula is C21H14FN3O3S. The molecule has 2 atom stereocenters. The van der Waals surface area contributed by atoms with Gasteiger partial charge < -0.3 is 10.1 Å². The summed E-state index contributed by atoms with van der Waals surface area (Å²) < 4.78 is 21.8. The van der Waals surface area contributed by atoms with Gasteiger partial charge >= 0.3 is 0 Å². The molecule has 3 aliphatic heterocycles. The SMILES string of the molecule is CC12CC(c3ccccc3O1)n1c(sc(=C3C(=O)Nc4ccc(F)cc43)c1=O)=N2. The topological polar surface area (TPSA) is 72.7 Å². The lowest BCUT2D eigenvalue weighted by Crippen LogP contribution is -2.49. The van der Waals surface area contributed by atoms with Gasteiger partial charge in [0.25, 0.3) is 11.5 Å². The number of rotatable bonds is 0. The molecule has 1 N–H and O–H groups in total. The monoisotopic (exact) mass is 407 g/mol. The number of fused-ring (bicyclic) bond motifs is 7. The average molecular weight is 407 g/mol. The summed E-state index contributed by atoms with van der Waals surface area (Å²) in [6.45, 7) is 1.89. The summed E-state index contributed by atoms with van der Waals surface area (Å²) in [5, 5.41) is 2.71. The van der Waals surface area contributed by atoms with Gasteiger partial charge in [-0.25, -0.2) is 9.38 Å². The fourth-order valence-electron chi connectivity index (χ4n) is 4.35. The number of amides is 1. The number of benzene rings is 2. The van der Waals surface area contributed by atoms with Crippen molar-refractivity contribution in [1.82, 2.24) is 4.57 Å². The summed E-state index contributed by atoms with van der Waals surface area (Å²) in [5.74, 6) is -0.165. The number of hydrogen-bond acceptors (Lipinski definition) is 5. The fourth-order valence-corrected chi connectivity index (χ4v) is 5.57. The van der Waals surface area contributed by atoms with Crippen molar-refractivity contribution in [2.45, 2.75) is 25.1 Å². The lowest BCUT2D eigenvalue weighted by molar-refractivity contribution is -0.110. The molecule has 4 heterocycles. The molecule has 2 unspecified atom stereocenters. The molecule has 6 rings (SSSR count). The second-order valence-electron chi connectivity index (χ2n) is 7.55. The molecule has 1 amide bonds. The molecule has 29 heavy (non-hydrogen) atoms. The Morgan fingerprint density at radius 3 is 2.97 bits per heavy atom.